The average molecular weight is 397 g/mol. The number of carbonyl (C=O) groups excluding carboxylic acids is 1. The van der Waals surface area contributed by atoms with Crippen molar-refractivity contribution in [2.75, 3.05) is 11.9 Å². The highest BCUT2D eigenvalue weighted by molar-refractivity contribution is 7.89. The van der Waals surface area contributed by atoms with Crippen molar-refractivity contribution in [2.45, 2.75) is 30.7 Å². The van der Waals surface area contributed by atoms with Crippen molar-refractivity contribution in [2.24, 2.45) is 0 Å². The maximum atomic E-state index is 14.0. The van der Waals surface area contributed by atoms with Crippen LogP contribution in [0, 0.1) is 12.7 Å². The van der Waals surface area contributed by atoms with Gasteiger partial charge in [-0.2, -0.15) is 4.31 Å². The van der Waals surface area contributed by atoms with E-state index in [0.29, 0.717) is 12.8 Å². The summed E-state index contributed by atoms with van der Waals surface area (Å²) < 4.78 is 41.0. The number of rotatable bonds is 4. The van der Waals surface area contributed by atoms with Crippen LogP contribution in [0.3, 0.4) is 0 Å². The van der Waals surface area contributed by atoms with E-state index in [0.717, 1.165) is 5.56 Å². The molecule has 1 aliphatic rings. The Labute approximate surface area is 156 Å². The number of aryl methyl sites for hydroxylation is 1. The van der Waals surface area contributed by atoms with E-state index >= 15 is 0 Å². The average Bonchev–Trinajstić information content (AvgIpc) is 3.10. The molecule has 1 saturated heterocycles. The molecule has 0 aromatic heterocycles. The van der Waals surface area contributed by atoms with Gasteiger partial charge in [0.05, 0.1) is 15.6 Å². The van der Waals surface area contributed by atoms with Crippen LogP contribution >= 0.6 is 11.6 Å². The van der Waals surface area contributed by atoms with Crippen LogP contribution in [0.2, 0.25) is 5.02 Å². The Balaban J connectivity index is 1.84. The highest BCUT2D eigenvalue weighted by atomic mass is 35.5. The molecular weight excluding hydrogens is 379 g/mol. The van der Waals surface area contributed by atoms with Gasteiger partial charge < -0.3 is 5.32 Å². The Morgan fingerprint density at radius 1 is 1.23 bits per heavy atom. The third-order valence-electron chi connectivity index (χ3n) is 4.34. The van der Waals surface area contributed by atoms with Crippen molar-refractivity contribution in [3.05, 3.63) is 58.9 Å². The molecule has 0 radical (unpaired) electrons. The lowest BCUT2D eigenvalue weighted by molar-refractivity contribution is -0.119. The van der Waals surface area contributed by atoms with Crippen LogP contribution in [-0.2, 0) is 14.8 Å². The van der Waals surface area contributed by atoms with Gasteiger partial charge in [0.15, 0.2) is 5.82 Å². The maximum absolute atomic E-state index is 14.0. The number of amides is 1. The molecule has 1 fully saturated rings. The van der Waals surface area contributed by atoms with Gasteiger partial charge in [0.2, 0.25) is 15.9 Å². The molecule has 2 aromatic carbocycles. The molecule has 1 atom stereocenters. The van der Waals surface area contributed by atoms with E-state index in [1.54, 1.807) is 12.1 Å². The minimum Gasteiger partial charge on any atom is -0.322 e. The summed E-state index contributed by atoms with van der Waals surface area (Å²) in [5, 5.41) is 2.34. The summed E-state index contributed by atoms with van der Waals surface area (Å²) in [4.78, 5) is 12.7. The first-order valence-electron chi connectivity index (χ1n) is 8.14. The Bertz CT molecular complexity index is 932. The Hall–Kier alpha value is -1.96. The largest absolute Gasteiger partial charge is 0.322 e. The molecule has 0 spiro atoms. The van der Waals surface area contributed by atoms with E-state index in [-0.39, 0.29) is 22.2 Å². The quantitative estimate of drug-likeness (QED) is 0.858. The monoisotopic (exact) mass is 396 g/mol. The van der Waals surface area contributed by atoms with Crippen molar-refractivity contribution in [3.63, 3.8) is 0 Å². The minimum atomic E-state index is -3.81. The molecule has 1 unspecified atom stereocenters. The molecule has 1 amide bonds. The van der Waals surface area contributed by atoms with Crippen LogP contribution in [0.4, 0.5) is 10.1 Å². The van der Waals surface area contributed by atoms with E-state index in [4.69, 9.17) is 11.6 Å². The second kappa shape index (κ2) is 7.34. The molecule has 1 N–H and O–H groups in total. The van der Waals surface area contributed by atoms with Gasteiger partial charge in [-0.25, -0.2) is 12.8 Å². The van der Waals surface area contributed by atoms with Gasteiger partial charge in [0.25, 0.3) is 0 Å². The number of carbonyl (C=O) groups is 1. The maximum Gasteiger partial charge on any atom is 0.243 e. The molecule has 0 bridgehead atoms. The molecule has 3 rings (SSSR count). The molecule has 5 nitrogen and oxygen atoms in total. The normalized spacial score (nSPS) is 18.0. The zero-order chi connectivity index (χ0) is 18.9. The molecule has 138 valence electrons. The standard InChI is InChI=1S/C18H18ClFN2O3S/c1-12-7-9-13(10-8-12)26(24,25)22-11-3-6-16(22)18(23)21-15-5-2-4-14(19)17(15)20/h2,4-5,7-10,16H,3,6,11H2,1H3,(H,21,23). The number of hydrogen-bond donors (Lipinski definition) is 1. The lowest BCUT2D eigenvalue weighted by Gasteiger charge is -2.23. The molecule has 8 heteroatoms. The van der Waals surface area contributed by atoms with Gasteiger partial charge >= 0.3 is 0 Å². The minimum absolute atomic E-state index is 0.0675. The fourth-order valence-electron chi connectivity index (χ4n) is 2.95. The predicted molar refractivity (Wildman–Crippen MR) is 98.1 cm³/mol. The van der Waals surface area contributed by atoms with Crippen LogP contribution in [0.25, 0.3) is 0 Å². The topological polar surface area (TPSA) is 66.5 Å². The summed E-state index contributed by atoms with van der Waals surface area (Å²) in [5.41, 5.74) is 0.873. The molecule has 1 aliphatic heterocycles. The van der Waals surface area contributed by atoms with Crippen molar-refractivity contribution in [1.82, 2.24) is 4.31 Å². The number of sulfonamides is 1. The molecule has 1 heterocycles. The zero-order valence-corrected chi connectivity index (χ0v) is 15.6. The van der Waals surface area contributed by atoms with E-state index in [1.807, 2.05) is 6.92 Å². The Morgan fingerprint density at radius 3 is 2.62 bits per heavy atom. The van der Waals surface area contributed by atoms with Crippen LogP contribution in [0.5, 0.6) is 0 Å². The fourth-order valence-corrected chi connectivity index (χ4v) is 4.78. The Morgan fingerprint density at radius 2 is 1.92 bits per heavy atom. The second-order valence-electron chi connectivity index (χ2n) is 6.18. The molecule has 0 aliphatic carbocycles. The van der Waals surface area contributed by atoms with Crippen LogP contribution in [0.1, 0.15) is 18.4 Å². The molecule has 2 aromatic rings. The summed E-state index contributed by atoms with van der Waals surface area (Å²) in [6, 6.07) is 9.83. The van der Waals surface area contributed by atoms with Crippen molar-refractivity contribution in [1.29, 1.82) is 0 Å². The van der Waals surface area contributed by atoms with Crippen molar-refractivity contribution < 1.29 is 17.6 Å². The first-order chi connectivity index (χ1) is 12.3. The van der Waals surface area contributed by atoms with Crippen LogP contribution in [-0.4, -0.2) is 31.2 Å². The highest BCUT2D eigenvalue weighted by Crippen LogP contribution is 2.28. The number of hydrogen-bond acceptors (Lipinski definition) is 3. The lowest BCUT2D eigenvalue weighted by atomic mass is 10.2. The van der Waals surface area contributed by atoms with E-state index in [9.17, 15) is 17.6 Å². The smallest absolute Gasteiger partial charge is 0.243 e. The predicted octanol–water partition coefficient (Wildman–Crippen LogP) is 3.58. The summed E-state index contributed by atoms with van der Waals surface area (Å²) in [5.74, 6) is -1.31. The van der Waals surface area contributed by atoms with Crippen molar-refractivity contribution >= 4 is 33.2 Å². The van der Waals surface area contributed by atoms with Gasteiger partial charge in [-0.3, -0.25) is 4.79 Å². The van der Waals surface area contributed by atoms with Gasteiger partial charge in [-0.15, -0.1) is 0 Å². The number of anilines is 1. The highest BCUT2D eigenvalue weighted by Gasteiger charge is 2.39. The fraction of sp³-hybridized carbons (Fsp3) is 0.278. The van der Waals surface area contributed by atoms with Gasteiger partial charge in [0, 0.05) is 6.54 Å². The third-order valence-corrected chi connectivity index (χ3v) is 6.56. The summed E-state index contributed by atoms with van der Waals surface area (Å²) >= 11 is 5.72. The zero-order valence-electron chi connectivity index (χ0n) is 14.1. The molecule has 0 saturated carbocycles. The molecular formula is C18H18ClFN2O3S. The summed E-state index contributed by atoms with van der Waals surface area (Å²) in [6.07, 6.45) is 0.931. The van der Waals surface area contributed by atoms with Crippen LogP contribution < -0.4 is 5.32 Å². The third kappa shape index (κ3) is 3.60. The van der Waals surface area contributed by atoms with E-state index < -0.39 is 27.8 Å². The lowest BCUT2D eigenvalue weighted by Crippen LogP contribution is -2.43. The number of benzene rings is 2. The van der Waals surface area contributed by atoms with E-state index in [2.05, 4.69) is 5.32 Å². The summed E-state index contributed by atoms with van der Waals surface area (Å²) in [7, 11) is -3.81. The first kappa shape index (κ1) is 18.8. The first-order valence-corrected chi connectivity index (χ1v) is 9.96. The SMILES string of the molecule is Cc1ccc(S(=O)(=O)N2CCCC2C(=O)Nc2cccc(Cl)c2F)cc1. The number of nitrogens with one attached hydrogen (secondary N) is 1. The van der Waals surface area contributed by atoms with Gasteiger partial charge in [0.1, 0.15) is 6.04 Å². The van der Waals surface area contributed by atoms with Crippen molar-refractivity contribution in [3.8, 4) is 0 Å². The number of halogens is 2. The van der Waals surface area contributed by atoms with E-state index in [1.165, 1.54) is 34.6 Å². The van der Waals surface area contributed by atoms with Gasteiger partial charge in [-0.05, 0) is 44.0 Å². The summed E-state index contributed by atoms with van der Waals surface area (Å²) in [6.45, 7) is 2.11. The second-order valence-corrected chi connectivity index (χ2v) is 8.48. The van der Waals surface area contributed by atoms with Gasteiger partial charge in [-0.1, -0.05) is 35.4 Å². The van der Waals surface area contributed by atoms with Crippen LogP contribution in [0.15, 0.2) is 47.4 Å². The molecule has 26 heavy (non-hydrogen) atoms. The number of nitrogens with zero attached hydrogens (tertiary/aromatic N) is 1. The Kier molecular flexibility index (Phi) is 5.32.